The molecule has 0 radical (unpaired) electrons. The van der Waals surface area contributed by atoms with E-state index < -0.39 is 17.7 Å². The van der Waals surface area contributed by atoms with Crippen LogP contribution in [0.1, 0.15) is 23.1 Å². The van der Waals surface area contributed by atoms with E-state index in [1.165, 1.54) is 43.0 Å². The fourth-order valence-corrected chi connectivity index (χ4v) is 4.08. The number of nitrogens with zero attached hydrogens (tertiary/aromatic N) is 5. The van der Waals surface area contributed by atoms with E-state index in [1.807, 2.05) is 4.90 Å². The SMILES string of the molecule is Cc1nccnc1[C@@H](O)c1ccc(F)c(-c2ncnc3cc(N4CCOCC4)cc(F)c23)c1. The molecule has 1 N–H and O–H groups in total. The number of ether oxygens (including phenoxy) is 1. The lowest BCUT2D eigenvalue weighted by molar-refractivity contribution is 0.122. The second kappa shape index (κ2) is 8.76. The Bertz CT molecular complexity index is 1330. The summed E-state index contributed by atoms with van der Waals surface area (Å²) in [5, 5.41) is 11.0. The van der Waals surface area contributed by atoms with Gasteiger partial charge >= 0.3 is 0 Å². The van der Waals surface area contributed by atoms with Crippen LogP contribution in [0.15, 0.2) is 49.1 Å². The van der Waals surface area contributed by atoms with E-state index in [0.29, 0.717) is 54.5 Å². The highest BCUT2D eigenvalue weighted by molar-refractivity contribution is 5.94. The van der Waals surface area contributed by atoms with Gasteiger partial charge in [0.1, 0.15) is 24.1 Å². The van der Waals surface area contributed by atoms with E-state index in [0.717, 1.165) is 0 Å². The van der Waals surface area contributed by atoms with Gasteiger partial charge < -0.3 is 14.7 Å². The number of hydrogen-bond donors (Lipinski definition) is 1. The lowest BCUT2D eigenvalue weighted by Gasteiger charge is -2.29. The molecule has 1 atom stereocenters. The maximum Gasteiger partial charge on any atom is 0.136 e. The summed E-state index contributed by atoms with van der Waals surface area (Å²) in [7, 11) is 0. The van der Waals surface area contributed by atoms with Crippen LogP contribution in [0.2, 0.25) is 0 Å². The molecule has 1 saturated heterocycles. The Hall–Kier alpha value is -3.56. The average molecular weight is 449 g/mol. The molecule has 3 heterocycles. The monoisotopic (exact) mass is 449 g/mol. The summed E-state index contributed by atoms with van der Waals surface area (Å²) in [6, 6.07) is 7.35. The predicted molar refractivity (Wildman–Crippen MR) is 119 cm³/mol. The minimum absolute atomic E-state index is 0.0681. The van der Waals surface area contributed by atoms with Gasteiger partial charge in [-0.25, -0.2) is 18.7 Å². The van der Waals surface area contributed by atoms with E-state index in [4.69, 9.17) is 4.74 Å². The second-order valence-corrected chi connectivity index (χ2v) is 7.81. The number of fused-ring (bicyclic) bond motifs is 1. The van der Waals surface area contributed by atoms with Gasteiger partial charge in [-0.1, -0.05) is 6.07 Å². The summed E-state index contributed by atoms with van der Waals surface area (Å²) in [4.78, 5) is 18.8. The molecule has 5 rings (SSSR count). The smallest absolute Gasteiger partial charge is 0.136 e. The van der Waals surface area contributed by atoms with Gasteiger partial charge in [0.2, 0.25) is 0 Å². The lowest BCUT2D eigenvalue weighted by atomic mass is 9.98. The highest BCUT2D eigenvalue weighted by atomic mass is 19.1. The van der Waals surface area contributed by atoms with Crippen molar-refractivity contribution in [3.05, 3.63) is 77.6 Å². The summed E-state index contributed by atoms with van der Waals surface area (Å²) in [5.41, 5.74) is 2.57. The Kier molecular flexibility index (Phi) is 5.65. The fourth-order valence-electron chi connectivity index (χ4n) is 4.08. The zero-order valence-electron chi connectivity index (χ0n) is 17.9. The molecule has 0 unspecified atom stereocenters. The van der Waals surface area contributed by atoms with Crippen molar-refractivity contribution in [3.8, 4) is 11.3 Å². The molecule has 7 nitrogen and oxygen atoms in total. The lowest BCUT2D eigenvalue weighted by Crippen LogP contribution is -2.36. The van der Waals surface area contributed by atoms with Crippen LogP contribution >= 0.6 is 0 Å². The minimum Gasteiger partial charge on any atom is -0.382 e. The van der Waals surface area contributed by atoms with Crippen LogP contribution in [0.5, 0.6) is 0 Å². The maximum absolute atomic E-state index is 15.3. The standard InChI is InChI=1S/C24H21F2N5O2/c1-14-22(28-5-4-27-14)24(32)15-2-3-18(25)17(10-15)23-21-19(26)11-16(12-20(21)29-13-30-23)31-6-8-33-9-7-31/h2-5,10-13,24,32H,6-9H2,1H3/t24-/m0/s1. The molecule has 1 aliphatic heterocycles. The van der Waals surface area contributed by atoms with Crippen molar-refractivity contribution in [2.75, 3.05) is 31.2 Å². The molecule has 0 spiro atoms. The molecular weight excluding hydrogens is 428 g/mol. The van der Waals surface area contributed by atoms with Crippen molar-refractivity contribution in [1.29, 1.82) is 0 Å². The van der Waals surface area contributed by atoms with Crippen LogP contribution in [0.25, 0.3) is 22.2 Å². The number of aryl methyl sites for hydroxylation is 1. The van der Waals surface area contributed by atoms with E-state index in [1.54, 1.807) is 13.0 Å². The number of aliphatic hydroxyl groups excluding tert-OH is 1. The van der Waals surface area contributed by atoms with Gasteiger partial charge in [0.05, 0.1) is 41.2 Å². The summed E-state index contributed by atoms with van der Waals surface area (Å²) in [6.07, 6.45) is 3.18. The van der Waals surface area contributed by atoms with Gasteiger partial charge in [-0.3, -0.25) is 9.97 Å². The van der Waals surface area contributed by atoms with Gasteiger partial charge in [-0.2, -0.15) is 0 Å². The van der Waals surface area contributed by atoms with Gasteiger partial charge in [-0.05, 0) is 36.8 Å². The Labute approximate surface area is 188 Å². The van der Waals surface area contributed by atoms with Crippen molar-refractivity contribution < 1.29 is 18.6 Å². The van der Waals surface area contributed by atoms with Gasteiger partial charge in [0, 0.05) is 36.7 Å². The van der Waals surface area contributed by atoms with Crippen LogP contribution in [0.4, 0.5) is 14.5 Å². The Morgan fingerprint density at radius 1 is 0.970 bits per heavy atom. The van der Waals surface area contributed by atoms with Crippen molar-refractivity contribution in [2.24, 2.45) is 0 Å². The van der Waals surface area contributed by atoms with Crippen molar-refractivity contribution in [1.82, 2.24) is 19.9 Å². The van der Waals surface area contributed by atoms with Crippen LogP contribution in [0, 0.1) is 18.6 Å². The summed E-state index contributed by atoms with van der Waals surface area (Å²) >= 11 is 0. The molecular formula is C24H21F2N5O2. The third kappa shape index (κ3) is 4.01. The molecule has 1 fully saturated rings. The van der Waals surface area contributed by atoms with Crippen molar-refractivity contribution in [2.45, 2.75) is 13.0 Å². The van der Waals surface area contributed by atoms with E-state index in [-0.39, 0.29) is 16.6 Å². The topological polar surface area (TPSA) is 84.3 Å². The zero-order valence-corrected chi connectivity index (χ0v) is 17.9. The molecule has 9 heteroatoms. The van der Waals surface area contributed by atoms with Gasteiger partial charge in [-0.15, -0.1) is 0 Å². The average Bonchev–Trinajstić information content (AvgIpc) is 2.84. The molecule has 0 amide bonds. The summed E-state index contributed by atoms with van der Waals surface area (Å²) in [6.45, 7) is 4.17. The molecule has 2 aromatic heterocycles. The molecule has 4 aromatic rings. The first-order valence-corrected chi connectivity index (χ1v) is 10.6. The predicted octanol–water partition coefficient (Wildman–Crippen LogP) is 3.59. The molecule has 0 bridgehead atoms. The van der Waals surface area contributed by atoms with E-state index in [9.17, 15) is 9.50 Å². The third-order valence-corrected chi connectivity index (χ3v) is 5.79. The highest BCUT2D eigenvalue weighted by Crippen LogP contribution is 2.34. The molecule has 168 valence electrons. The largest absolute Gasteiger partial charge is 0.382 e. The van der Waals surface area contributed by atoms with E-state index >= 15 is 4.39 Å². The maximum atomic E-state index is 15.3. The van der Waals surface area contributed by atoms with Crippen LogP contribution < -0.4 is 4.90 Å². The minimum atomic E-state index is -1.12. The Morgan fingerprint density at radius 3 is 2.55 bits per heavy atom. The van der Waals surface area contributed by atoms with Gasteiger partial charge in [0.15, 0.2) is 0 Å². The quantitative estimate of drug-likeness (QED) is 0.510. The van der Waals surface area contributed by atoms with Crippen molar-refractivity contribution in [3.63, 3.8) is 0 Å². The van der Waals surface area contributed by atoms with E-state index in [2.05, 4.69) is 19.9 Å². The number of rotatable bonds is 4. The first kappa shape index (κ1) is 21.3. The van der Waals surface area contributed by atoms with Crippen LogP contribution in [-0.2, 0) is 4.74 Å². The number of morpholine rings is 1. The molecule has 33 heavy (non-hydrogen) atoms. The summed E-state index contributed by atoms with van der Waals surface area (Å²) < 4.78 is 35.6. The number of aliphatic hydroxyl groups is 1. The normalized spacial score (nSPS) is 15.1. The number of benzene rings is 2. The highest BCUT2D eigenvalue weighted by Gasteiger charge is 2.21. The number of anilines is 1. The van der Waals surface area contributed by atoms with Crippen LogP contribution in [0.3, 0.4) is 0 Å². The molecule has 1 aliphatic rings. The number of aromatic nitrogens is 4. The second-order valence-electron chi connectivity index (χ2n) is 7.81. The molecule has 0 aliphatic carbocycles. The first-order valence-electron chi connectivity index (χ1n) is 10.6. The molecule has 0 saturated carbocycles. The Morgan fingerprint density at radius 2 is 1.76 bits per heavy atom. The van der Waals surface area contributed by atoms with Crippen LogP contribution in [-0.4, -0.2) is 51.3 Å². The Balaban J connectivity index is 1.60. The van der Waals surface area contributed by atoms with Gasteiger partial charge in [0.25, 0.3) is 0 Å². The molecule has 2 aromatic carbocycles. The first-order chi connectivity index (χ1) is 16.0. The fraction of sp³-hybridized carbons (Fsp3) is 0.250. The summed E-state index contributed by atoms with van der Waals surface area (Å²) in [5.74, 6) is -1.13. The zero-order chi connectivity index (χ0) is 22.9. The number of hydrogen-bond acceptors (Lipinski definition) is 7. The third-order valence-electron chi connectivity index (χ3n) is 5.79. The number of halogens is 2. The van der Waals surface area contributed by atoms with Crippen molar-refractivity contribution >= 4 is 16.6 Å².